The van der Waals surface area contributed by atoms with E-state index < -0.39 is 0 Å². The predicted molar refractivity (Wildman–Crippen MR) is 130 cm³/mol. The first kappa shape index (κ1) is 24.3. The Morgan fingerprint density at radius 3 is 1.97 bits per heavy atom. The van der Waals surface area contributed by atoms with Crippen molar-refractivity contribution >= 4 is 5.97 Å². The van der Waals surface area contributed by atoms with Crippen LogP contribution in [0, 0.1) is 23.7 Å². The fourth-order valence-corrected chi connectivity index (χ4v) is 5.98. The highest BCUT2D eigenvalue weighted by Crippen LogP contribution is 2.42. The molecule has 0 saturated heterocycles. The summed E-state index contributed by atoms with van der Waals surface area (Å²) in [6.07, 6.45) is 21.3. The molecule has 2 nitrogen and oxygen atoms in total. The van der Waals surface area contributed by atoms with Gasteiger partial charge >= 0.3 is 5.97 Å². The van der Waals surface area contributed by atoms with Crippen molar-refractivity contribution in [1.82, 2.24) is 0 Å². The third-order valence-electron chi connectivity index (χ3n) is 8.18. The standard InChI is InChI=1S/C29H46O2/c1-3-5-6-7-8-9-10-24-11-15-25(16-12-24)26-17-19-27(20-18-26)29(30)31-28-21-13-23(4-2)14-22-28/h13-14,21-22,24-27H,3-12,15-20H2,1-2H3. The van der Waals surface area contributed by atoms with E-state index in [2.05, 4.69) is 26.0 Å². The maximum atomic E-state index is 12.6. The molecule has 0 amide bonds. The average Bonchev–Trinajstić information content (AvgIpc) is 2.82. The van der Waals surface area contributed by atoms with Crippen molar-refractivity contribution in [3.8, 4) is 5.75 Å². The number of aryl methyl sites for hydroxylation is 1. The summed E-state index contributed by atoms with van der Waals surface area (Å²) >= 11 is 0. The van der Waals surface area contributed by atoms with Crippen molar-refractivity contribution in [2.75, 3.05) is 0 Å². The summed E-state index contributed by atoms with van der Waals surface area (Å²) in [4.78, 5) is 12.6. The fraction of sp³-hybridized carbons (Fsp3) is 0.759. The molecule has 2 heteroatoms. The Labute approximate surface area is 191 Å². The van der Waals surface area contributed by atoms with Crippen LogP contribution in [0.5, 0.6) is 5.75 Å². The lowest BCUT2D eigenvalue weighted by Crippen LogP contribution is -2.30. The minimum atomic E-state index is -0.00894. The van der Waals surface area contributed by atoms with Gasteiger partial charge in [-0.1, -0.05) is 83.8 Å². The number of ether oxygens (including phenoxy) is 1. The molecule has 0 N–H and O–H groups in total. The summed E-state index contributed by atoms with van der Waals surface area (Å²) in [5.74, 6) is 3.56. The smallest absolute Gasteiger partial charge is 0.314 e. The van der Waals surface area contributed by atoms with Crippen LogP contribution in [0.1, 0.15) is 116 Å². The van der Waals surface area contributed by atoms with Crippen molar-refractivity contribution in [1.29, 1.82) is 0 Å². The van der Waals surface area contributed by atoms with Gasteiger partial charge in [0, 0.05) is 0 Å². The lowest BCUT2D eigenvalue weighted by Gasteiger charge is -2.37. The van der Waals surface area contributed by atoms with Gasteiger partial charge in [0.2, 0.25) is 0 Å². The Kier molecular flexibility index (Phi) is 10.4. The minimum absolute atomic E-state index is 0.00894. The summed E-state index contributed by atoms with van der Waals surface area (Å²) in [5.41, 5.74) is 1.28. The third kappa shape index (κ3) is 7.95. The molecule has 1 aromatic rings. The number of hydrogen-bond donors (Lipinski definition) is 0. The van der Waals surface area contributed by atoms with E-state index in [1.165, 1.54) is 89.0 Å². The molecule has 0 aliphatic heterocycles. The molecule has 2 aliphatic rings. The van der Waals surface area contributed by atoms with Gasteiger partial charge in [-0.25, -0.2) is 0 Å². The first-order valence-corrected chi connectivity index (χ1v) is 13.5. The molecule has 2 saturated carbocycles. The molecule has 0 radical (unpaired) electrons. The van der Waals surface area contributed by atoms with Crippen molar-refractivity contribution in [2.45, 2.75) is 117 Å². The van der Waals surface area contributed by atoms with Crippen molar-refractivity contribution in [2.24, 2.45) is 23.7 Å². The monoisotopic (exact) mass is 426 g/mol. The zero-order chi connectivity index (χ0) is 21.9. The van der Waals surface area contributed by atoms with Gasteiger partial charge in [0.25, 0.3) is 0 Å². The summed E-state index contributed by atoms with van der Waals surface area (Å²) in [7, 11) is 0. The SMILES string of the molecule is CCCCCCCCC1CCC(C2CCC(C(=O)Oc3ccc(CC)cc3)CC2)CC1. The first-order valence-electron chi connectivity index (χ1n) is 13.5. The van der Waals surface area contributed by atoms with Crippen LogP contribution in [-0.2, 0) is 11.2 Å². The molecule has 0 heterocycles. The lowest BCUT2D eigenvalue weighted by molar-refractivity contribution is -0.140. The molecule has 0 spiro atoms. The molecule has 174 valence electrons. The molecule has 0 unspecified atom stereocenters. The Hall–Kier alpha value is -1.31. The maximum Gasteiger partial charge on any atom is 0.314 e. The van der Waals surface area contributed by atoms with Crippen LogP contribution in [0.15, 0.2) is 24.3 Å². The van der Waals surface area contributed by atoms with Crippen molar-refractivity contribution in [3.05, 3.63) is 29.8 Å². The van der Waals surface area contributed by atoms with Gasteiger partial charge in [-0.05, 0) is 80.4 Å². The summed E-state index contributed by atoms with van der Waals surface area (Å²) < 4.78 is 5.68. The number of benzene rings is 1. The second-order valence-corrected chi connectivity index (χ2v) is 10.4. The quantitative estimate of drug-likeness (QED) is 0.201. The lowest BCUT2D eigenvalue weighted by atomic mass is 9.68. The van der Waals surface area contributed by atoms with Crippen molar-refractivity contribution in [3.63, 3.8) is 0 Å². The summed E-state index contributed by atoms with van der Waals surface area (Å²) in [6.45, 7) is 4.43. The predicted octanol–water partition coefficient (Wildman–Crippen LogP) is 8.52. The van der Waals surface area contributed by atoms with Gasteiger partial charge in [0.1, 0.15) is 5.75 Å². The normalized spacial score (nSPS) is 26.5. The molecule has 0 aromatic heterocycles. The number of rotatable bonds is 11. The molecular formula is C29H46O2. The largest absolute Gasteiger partial charge is 0.426 e. The van der Waals surface area contributed by atoms with Crippen molar-refractivity contribution < 1.29 is 9.53 Å². The van der Waals surface area contributed by atoms with E-state index in [0.717, 1.165) is 37.0 Å². The highest BCUT2D eigenvalue weighted by Gasteiger charge is 2.33. The van der Waals surface area contributed by atoms with Gasteiger partial charge in [-0.15, -0.1) is 0 Å². The number of unbranched alkanes of at least 4 members (excludes halogenated alkanes) is 5. The van der Waals surface area contributed by atoms with Crippen LogP contribution in [0.2, 0.25) is 0 Å². The molecule has 3 rings (SSSR count). The molecular weight excluding hydrogens is 380 g/mol. The van der Waals surface area contributed by atoms with Crippen LogP contribution >= 0.6 is 0 Å². The van der Waals surface area contributed by atoms with E-state index >= 15 is 0 Å². The second kappa shape index (κ2) is 13.3. The zero-order valence-electron chi connectivity index (χ0n) is 20.2. The molecule has 31 heavy (non-hydrogen) atoms. The van der Waals surface area contributed by atoms with Gasteiger partial charge < -0.3 is 4.74 Å². The Balaban J connectivity index is 1.30. The maximum absolute atomic E-state index is 12.6. The molecule has 2 aliphatic carbocycles. The molecule has 0 bridgehead atoms. The molecule has 2 fully saturated rings. The van der Waals surface area contributed by atoms with Crippen LogP contribution in [0.25, 0.3) is 0 Å². The topological polar surface area (TPSA) is 26.3 Å². The number of carbonyl (C=O) groups excluding carboxylic acids is 1. The van der Waals surface area contributed by atoms with E-state index in [9.17, 15) is 4.79 Å². The van der Waals surface area contributed by atoms with Gasteiger partial charge in [0.05, 0.1) is 5.92 Å². The van der Waals surface area contributed by atoms with E-state index in [1.807, 2.05) is 12.1 Å². The number of hydrogen-bond acceptors (Lipinski definition) is 2. The Morgan fingerprint density at radius 1 is 0.774 bits per heavy atom. The zero-order valence-corrected chi connectivity index (χ0v) is 20.2. The van der Waals surface area contributed by atoms with E-state index in [4.69, 9.17) is 4.74 Å². The highest BCUT2D eigenvalue weighted by atomic mass is 16.5. The van der Waals surface area contributed by atoms with Gasteiger partial charge in [0.15, 0.2) is 0 Å². The van der Waals surface area contributed by atoms with E-state index in [-0.39, 0.29) is 11.9 Å². The Bertz CT molecular complexity index is 619. The van der Waals surface area contributed by atoms with Gasteiger partial charge in [-0.2, -0.15) is 0 Å². The van der Waals surface area contributed by atoms with Gasteiger partial charge in [-0.3, -0.25) is 4.79 Å². The van der Waals surface area contributed by atoms with Crippen LogP contribution in [0.3, 0.4) is 0 Å². The van der Waals surface area contributed by atoms with Crippen LogP contribution in [0.4, 0.5) is 0 Å². The second-order valence-electron chi connectivity index (χ2n) is 10.4. The molecule has 1 aromatic carbocycles. The average molecular weight is 427 g/mol. The highest BCUT2D eigenvalue weighted by molar-refractivity contribution is 5.75. The summed E-state index contributed by atoms with van der Waals surface area (Å²) in [5, 5.41) is 0. The summed E-state index contributed by atoms with van der Waals surface area (Å²) in [6, 6.07) is 7.99. The van der Waals surface area contributed by atoms with E-state index in [0.29, 0.717) is 5.75 Å². The van der Waals surface area contributed by atoms with E-state index in [1.54, 1.807) is 0 Å². The fourth-order valence-electron chi connectivity index (χ4n) is 5.98. The molecule has 0 atom stereocenters. The van der Waals surface area contributed by atoms with Crippen LogP contribution < -0.4 is 4.74 Å². The Morgan fingerprint density at radius 2 is 1.35 bits per heavy atom. The third-order valence-corrected chi connectivity index (χ3v) is 8.18. The van der Waals surface area contributed by atoms with Crippen LogP contribution in [-0.4, -0.2) is 5.97 Å². The number of carbonyl (C=O) groups is 1. The minimum Gasteiger partial charge on any atom is -0.426 e. The first-order chi connectivity index (χ1) is 15.2. The number of esters is 1.